The summed E-state index contributed by atoms with van der Waals surface area (Å²) >= 11 is 8.97. The summed E-state index contributed by atoms with van der Waals surface area (Å²) in [6, 6.07) is 2.60. The molecule has 1 amide bonds. The predicted octanol–water partition coefficient (Wildman–Crippen LogP) is 3.48. The molecule has 0 atom stereocenters. The monoisotopic (exact) mass is 305 g/mol. The molecule has 0 N–H and O–H groups in total. The SMILES string of the molecule is O=C(c1cc(Cl)c(Br)cc1F)N1CCCC1. The van der Waals surface area contributed by atoms with Gasteiger partial charge < -0.3 is 4.90 Å². The molecule has 0 aliphatic carbocycles. The number of carbonyl (C=O) groups excluding carboxylic acids is 1. The second-order valence-electron chi connectivity index (χ2n) is 3.75. The maximum Gasteiger partial charge on any atom is 0.256 e. The highest BCUT2D eigenvalue weighted by atomic mass is 79.9. The molecule has 1 fully saturated rings. The summed E-state index contributed by atoms with van der Waals surface area (Å²) in [5.74, 6) is -0.808. The number of amides is 1. The van der Waals surface area contributed by atoms with Crippen molar-refractivity contribution in [3.63, 3.8) is 0 Å². The van der Waals surface area contributed by atoms with Crippen LogP contribution in [0.3, 0.4) is 0 Å². The minimum absolute atomic E-state index is 0.0510. The van der Waals surface area contributed by atoms with Gasteiger partial charge in [-0.15, -0.1) is 0 Å². The Bertz CT molecular complexity index is 432. The summed E-state index contributed by atoms with van der Waals surface area (Å²) in [7, 11) is 0. The standard InChI is InChI=1S/C11H10BrClFNO/c12-8-6-10(14)7(5-9(8)13)11(16)15-3-1-2-4-15/h5-6H,1-4H2. The molecule has 1 heterocycles. The molecule has 1 aromatic rings. The second kappa shape index (κ2) is 4.72. The number of hydrogen-bond donors (Lipinski definition) is 0. The Kier molecular flexibility index (Phi) is 3.50. The zero-order valence-corrected chi connectivity index (χ0v) is 10.8. The molecule has 1 aliphatic heterocycles. The molecule has 1 aliphatic rings. The summed E-state index contributed by atoms with van der Waals surface area (Å²) in [4.78, 5) is 13.6. The molecule has 1 aromatic carbocycles. The minimum atomic E-state index is -0.534. The van der Waals surface area contributed by atoms with Crippen molar-refractivity contribution in [3.8, 4) is 0 Å². The maximum atomic E-state index is 13.6. The highest BCUT2D eigenvalue weighted by Crippen LogP contribution is 2.27. The molecule has 0 radical (unpaired) electrons. The Morgan fingerprint density at radius 1 is 1.38 bits per heavy atom. The van der Waals surface area contributed by atoms with E-state index in [-0.39, 0.29) is 11.5 Å². The lowest BCUT2D eigenvalue weighted by Gasteiger charge is -2.15. The van der Waals surface area contributed by atoms with E-state index in [0.717, 1.165) is 12.8 Å². The van der Waals surface area contributed by atoms with E-state index in [2.05, 4.69) is 15.9 Å². The van der Waals surface area contributed by atoms with Gasteiger partial charge in [0.1, 0.15) is 5.82 Å². The van der Waals surface area contributed by atoms with E-state index in [1.165, 1.54) is 12.1 Å². The van der Waals surface area contributed by atoms with Gasteiger partial charge in [0, 0.05) is 17.6 Å². The quantitative estimate of drug-likeness (QED) is 0.728. The van der Waals surface area contributed by atoms with Crippen molar-refractivity contribution >= 4 is 33.4 Å². The van der Waals surface area contributed by atoms with Crippen molar-refractivity contribution in [2.24, 2.45) is 0 Å². The van der Waals surface area contributed by atoms with Crippen LogP contribution < -0.4 is 0 Å². The fourth-order valence-corrected chi connectivity index (χ4v) is 2.26. The largest absolute Gasteiger partial charge is 0.339 e. The Morgan fingerprint density at radius 3 is 2.62 bits per heavy atom. The van der Waals surface area contributed by atoms with Gasteiger partial charge >= 0.3 is 0 Å². The zero-order chi connectivity index (χ0) is 11.7. The molecular formula is C11H10BrClFNO. The average Bonchev–Trinajstić information content (AvgIpc) is 2.75. The Balaban J connectivity index is 2.32. The van der Waals surface area contributed by atoms with Crippen LogP contribution in [0.4, 0.5) is 4.39 Å². The molecule has 0 unspecified atom stereocenters. The van der Waals surface area contributed by atoms with Crippen LogP contribution in [0.25, 0.3) is 0 Å². The van der Waals surface area contributed by atoms with Crippen molar-refractivity contribution < 1.29 is 9.18 Å². The Morgan fingerprint density at radius 2 is 2.00 bits per heavy atom. The number of rotatable bonds is 1. The van der Waals surface area contributed by atoms with E-state index >= 15 is 0 Å². The summed E-state index contributed by atoms with van der Waals surface area (Å²) < 4.78 is 14.1. The first-order valence-electron chi connectivity index (χ1n) is 5.03. The van der Waals surface area contributed by atoms with E-state index in [0.29, 0.717) is 22.6 Å². The number of likely N-dealkylation sites (tertiary alicyclic amines) is 1. The Hall–Kier alpha value is -0.610. The number of halogens is 3. The van der Waals surface area contributed by atoms with Gasteiger partial charge in [-0.3, -0.25) is 4.79 Å². The highest BCUT2D eigenvalue weighted by molar-refractivity contribution is 9.10. The molecule has 2 rings (SSSR count). The van der Waals surface area contributed by atoms with Gasteiger partial charge in [-0.25, -0.2) is 4.39 Å². The van der Waals surface area contributed by atoms with Crippen LogP contribution >= 0.6 is 27.5 Å². The van der Waals surface area contributed by atoms with Crippen LogP contribution in [-0.2, 0) is 0 Å². The van der Waals surface area contributed by atoms with Gasteiger partial charge in [0.15, 0.2) is 0 Å². The third-order valence-corrected chi connectivity index (χ3v) is 3.83. The molecule has 86 valence electrons. The number of hydrogen-bond acceptors (Lipinski definition) is 1. The second-order valence-corrected chi connectivity index (χ2v) is 5.01. The summed E-state index contributed by atoms with van der Waals surface area (Å²) in [5.41, 5.74) is 0.0510. The fourth-order valence-electron chi connectivity index (χ4n) is 1.78. The van der Waals surface area contributed by atoms with Gasteiger partial charge in [0.25, 0.3) is 5.91 Å². The smallest absolute Gasteiger partial charge is 0.256 e. The molecular weight excluding hydrogens is 296 g/mol. The van der Waals surface area contributed by atoms with Crippen LogP contribution in [0.2, 0.25) is 5.02 Å². The van der Waals surface area contributed by atoms with E-state index in [1.54, 1.807) is 4.90 Å². The molecule has 5 heteroatoms. The van der Waals surface area contributed by atoms with Gasteiger partial charge in [-0.2, -0.15) is 0 Å². The van der Waals surface area contributed by atoms with E-state index in [4.69, 9.17) is 11.6 Å². The topological polar surface area (TPSA) is 20.3 Å². The van der Waals surface area contributed by atoms with Crippen LogP contribution in [0.5, 0.6) is 0 Å². The van der Waals surface area contributed by atoms with E-state index < -0.39 is 5.82 Å². The normalized spacial score (nSPS) is 15.6. The van der Waals surface area contributed by atoms with E-state index in [9.17, 15) is 9.18 Å². The van der Waals surface area contributed by atoms with Gasteiger partial charge in [0.05, 0.1) is 10.6 Å². The maximum absolute atomic E-state index is 13.6. The first-order valence-corrected chi connectivity index (χ1v) is 6.20. The van der Waals surface area contributed by atoms with Crippen molar-refractivity contribution in [1.29, 1.82) is 0 Å². The fraction of sp³-hybridized carbons (Fsp3) is 0.364. The molecule has 0 spiro atoms. The van der Waals surface area contributed by atoms with Crippen molar-refractivity contribution in [3.05, 3.63) is 33.0 Å². The molecule has 0 bridgehead atoms. The molecule has 0 saturated carbocycles. The van der Waals surface area contributed by atoms with Crippen molar-refractivity contribution in [2.45, 2.75) is 12.8 Å². The zero-order valence-electron chi connectivity index (χ0n) is 8.47. The van der Waals surface area contributed by atoms with Crippen molar-refractivity contribution in [2.75, 3.05) is 13.1 Å². The minimum Gasteiger partial charge on any atom is -0.339 e. The molecule has 1 saturated heterocycles. The average molecular weight is 307 g/mol. The van der Waals surface area contributed by atoms with Crippen LogP contribution in [-0.4, -0.2) is 23.9 Å². The van der Waals surface area contributed by atoms with E-state index in [1.807, 2.05) is 0 Å². The highest BCUT2D eigenvalue weighted by Gasteiger charge is 2.23. The lowest BCUT2D eigenvalue weighted by Crippen LogP contribution is -2.28. The number of benzene rings is 1. The molecule has 2 nitrogen and oxygen atoms in total. The van der Waals surface area contributed by atoms with Crippen LogP contribution in [0, 0.1) is 5.82 Å². The summed E-state index contributed by atoms with van der Waals surface area (Å²) in [5, 5.41) is 0.351. The van der Waals surface area contributed by atoms with Gasteiger partial charge in [0.2, 0.25) is 0 Å². The Labute approximate surface area is 107 Å². The molecule has 16 heavy (non-hydrogen) atoms. The third-order valence-electron chi connectivity index (χ3n) is 2.63. The van der Waals surface area contributed by atoms with Crippen LogP contribution in [0.1, 0.15) is 23.2 Å². The van der Waals surface area contributed by atoms with Gasteiger partial charge in [-0.1, -0.05) is 11.6 Å². The molecule has 0 aromatic heterocycles. The van der Waals surface area contributed by atoms with Gasteiger partial charge in [-0.05, 0) is 40.9 Å². The lowest BCUT2D eigenvalue weighted by atomic mass is 10.2. The number of nitrogens with zero attached hydrogens (tertiary/aromatic N) is 1. The lowest BCUT2D eigenvalue weighted by molar-refractivity contribution is 0.0788. The first kappa shape index (κ1) is 11.9. The predicted molar refractivity (Wildman–Crippen MR) is 64.2 cm³/mol. The third kappa shape index (κ3) is 2.23. The number of carbonyl (C=O) groups is 1. The summed E-state index contributed by atoms with van der Waals surface area (Å²) in [6.07, 6.45) is 1.97. The van der Waals surface area contributed by atoms with Crippen molar-refractivity contribution in [1.82, 2.24) is 4.90 Å². The van der Waals surface area contributed by atoms with Crippen LogP contribution in [0.15, 0.2) is 16.6 Å². The first-order chi connectivity index (χ1) is 7.59. The summed E-state index contributed by atoms with van der Waals surface area (Å²) in [6.45, 7) is 1.40.